The van der Waals surface area contributed by atoms with Crippen LogP contribution < -0.4 is 5.32 Å². The lowest BCUT2D eigenvalue weighted by Crippen LogP contribution is -2.48. The molecule has 0 aliphatic heterocycles. The Morgan fingerprint density at radius 2 is 1.94 bits per heavy atom. The van der Waals surface area contributed by atoms with Gasteiger partial charge in [-0.25, -0.2) is 0 Å². The quantitative estimate of drug-likeness (QED) is 0.784. The van der Waals surface area contributed by atoms with Crippen LogP contribution in [0, 0.1) is 0 Å². The first-order valence-electron chi connectivity index (χ1n) is 6.42. The third kappa shape index (κ3) is 3.83. The van der Waals surface area contributed by atoms with Crippen LogP contribution in [-0.4, -0.2) is 25.8 Å². The van der Waals surface area contributed by atoms with Gasteiger partial charge < -0.3 is 10.1 Å². The van der Waals surface area contributed by atoms with Crippen LogP contribution in [0.3, 0.4) is 0 Å². The lowest BCUT2D eigenvalue weighted by atomic mass is 9.88. The Labute approximate surface area is 105 Å². The number of methoxy groups -OCH3 is 1. The standard InChI is InChI=1S/C15H25NO/c1-5-15(2,17-4)14(16-3)12-11-13-9-7-6-8-10-13/h6-10,14,16H,5,11-12H2,1-4H3. The van der Waals surface area contributed by atoms with E-state index in [0.29, 0.717) is 6.04 Å². The first-order valence-corrected chi connectivity index (χ1v) is 6.42. The summed E-state index contributed by atoms with van der Waals surface area (Å²) in [5.41, 5.74) is 1.31. The Balaban J connectivity index is 2.59. The molecule has 2 heteroatoms. The van der Waals surface area contributed by atoms with E-state index < -0.39 is 0 Å². The highest BCUT2D eigenvalue weighted by Crippen LogP contribution is 2.22. The molecule has 1 N–H and O–H groups in total. The van der Waals surface area contributed by atoms with Gasteiger partial charge in [-0.15, -0.1) is 0 Å². The Morgan fingerprint density at radius 1 is 1.29 bits per heavy atom. The molecule has 0 bridgehead atoms. The van der Waals surface area contributed by atoms with E-state index in [9.17, 15) is 0 Å². The molecular weight excluding hydrogens is 210 g/mol. The molecule has 0 heterocycles. The molecule has 17 heavy (non-hydrogen) atoms. The predicted molar refractivity (Wildman–Crippen MR) is 73.3 cm³/mol. The van der Waals surface area contributed by atoms with Crippen LogP contribution in [0.15, 0.2) is 30.3 Å². The molecule has 2 atom stereocenters. The largest absolute Gasteiger partial charge is 0.377 e. The van der Waals surface area contributed by atoms with Crippen molar-refractivity contribution in [2.75, 3.05) is 14.2 Å². The van der Waals surface area contributed by atoms with Gasteiger partial charge in [0.2, 0.25) is 0 Å². The van der Waals surface area contributed by atoms with Crippen molar-refractivity contribution in [3.8, 4) is 0 Å². The molecule has 0 spiro atoms. The van der Waals surface area contributed by atoms with Crippen molar-refractivity contribution in [2.24, 2.45) is 0 Å². The van der Waals surface area contributed by atoms with Crippen LogP contribution >= 0.6 is 0 Å². The average Bonchev–Trinajstić information content (AvgIpc) is 2.40. The molecule has 2 unspecified atom stereocenters. The van der Waals surface area contributed by atoms with E-state index in [1.807, 2.05) is 7.05 Å². The second kappa shape index (κ2) is 6.77. The van der Waals surface area contributed by atoms with Gasteiger partial charge in [0.25, 0.3) is 0 Å². The van der Waals surface area contributed by atoms with E-state index >= 15 is 0 Å². The van der Waals surface area contributed by atoms with E-state index in [2.05, 4.69) is 49.5 Å². The first kappa shape index (κ1) is 14.2. The Bertz CT molecular complexity index is 306. The van der Waals surface area contributed by atoms with Gasteiger partial charge in [0.1, 0.15) is 0 Å². The lowest BCUT2D eigenvalue weighted by Gasteiger charge is -2.35. The highest BCUT2D eigenvalue weighted by Gasteiger charge is 2.30. The maximum Gasteiger partial charge on any atom is 0.0800 e. The van der Waals surface area contributed by atoms with Gasteiger partial charge in [-0.1, -0.05) is 37.3 Å². The molecule has 1 aromatic carbocycles. The number of aryl methyl sites for hydroxylation is 1. The van der Waals surface area contributed by atoms with Crippen molar-refractivity contribution in [1.29, 1.82) is 0 Å². The van der Waals surface area contributed by atoms with E-state index in [0.717, 1.165) is 19.3 Å². The van der Waals surface area contributed by atoms with Crippen molar-refractivity contribution in [3.05, 3.63) is 35.9 Å². The number of benzene rings is 1. The third-order valence-corrected chi connectivity index (χ3v) is 3.82. The van der Waals surface area contributed by atoms with Crippen LogP contribution in [-0.2, 0) is 11.2 Å². The molecule has 0 radical (unpaired) electrons. The zero-order valence-electron chi connectivity index (χ0n) is 11.5. The summed E-state index contributed by atoms with van der Waals surface area (Å²) in [6.07, 6.45) is 3.20. The summed E-state index contributed by atoms with van der Waals surface area (Å²) >= 11 is 0. The van der Waals surface area contributed by atoms with Crippen molar-refractivity contribution in [1.82, 2.24) is 5.32 Å². The number of hydrogen-bond acceptors (Lipinski definition) is 2. The molecule has 0 aliphatic rings. The summed E-state index contributed by atoms with van der Waals surface area (Å²) in [6, 6.07) is 11.0. The van der Waals surface area contributed by atoms with Crippen molar-refractivity contribution in [2.45, 2.75) is 44.8 Å². The Kier molecular flexibility index (Phi) is 5.66. The average molecular weight is 235 g/mol. The van der Waals surface area contributed by atoms with E-state index in [4.69, 9.17) is 4.74 Å². The fourth-order valence-electron chi connectivity index (χ4n) is 2.24. The van der Waals surface area contributed by atoms with Gasteiger partial charge in [-0.05, 0) is 38.8 Å². The molecule has 0 fully saturated rings. The van der Waals surface area contributed by atoms with Crippen molar-refractivity contribution >= 4 is 0 Å². The minimum Gasteiger partial charge on any atom is -0.377 e. The minimum absolute atomic E-state index is 0.0798. The van der Waals surface area contributed by atoms with Crippen LogP contribution in [0.1, 0.15) is 32.3 Å². The number of likely N-dealkylation sites (N-methyl/N-ethyl adjacent to an activating group) is 1. The third-order valence-electron chi connectivity index (χ3n) is 3.82. The molecule has 2 nitrogen and oxygen atoms in total. The highest BCUT2D eigenvalue weighted by molar-refractivity contribution is 5.15. The smallest absolute Gasteiger partial charge is 0.0800 e. The van der Waals surface area contributed by atoms with Gasteiger partial charge in [-0.2, -0.15) is 0 Å². The van der Waals surface area contributed by atoms with Crippen LogP contribution in [0.5, 0.6) is 0 Å². The summed E-state index contributed by atoms with van der Waals surface area (Å²) < 4.78 is 5.67. The molecule has 1 rings (SSSR count). The minimum atomic E-state index is -0.0798. The molecule has 0 aromatic heterocycles. The number of ether oxygens (including phenoxy) is 1. The van der Waals surface area contributed by atoms with Crippen LogP contribution in [0.25, 0.3) is 0 Å². The monoisotopic (exact) mass is 235 g/mol. The van der Waals surface area contributed by atoms with Gasteiger partial charge in [0, 0.05) is 13.2 Å². The van der Waals surface area contributed by atoms with Crippen LogP contribution in [0.4, 0.5) is 0 Å². The number of nitrogens with one attached hydrogen (secondary N) is 1. The maximum absolute atomic E-state index is 5.67. The summed E-state index contributed by atoms with van der Waals surface area (Å²) in [6.45, 7) is 4.36. The van der Waals surface area contributed by atoms with E-state index in [-0.39, 0.29) is 5.60 Å². The van der Waals surface area contributed by atoms with Crippen molar-refractivity contribution in [3.63, 3.8) is 0 Å². The molecular formula is C15H25NO. The molecule has 1 aromatic rings. The molecule has 0 amide bonds. The fourth-order valence-corrected chi connectivity index (χ4v) is 2.24. The summed E-state index contributed by atoms with van der Waals surface area (Å²) in [5.74, 6) is 0. The zero-order valence-corrected chi connectivity index (χ0v) is 11.5. The summed E-state index contributed by atoms with van der Waals surface area (Å²) in [4.78, 5) is 0. The SMILES string of the molecule is CCC(C)(OC)C(CCc1ccccc1)NC. The van der Waals surface area contributed by atoms with Crippen LogP contribution in [0.2, 0.25) is 0 Å². The topological polar surface area (TPSA) is 21.3 Å². The first-order chi connectivity index (χ1) is 8.16. The zero-order chi connectivity index (χ0) is 12.7. The second-order valence-corrected chi connectivity index (χ2v) is 4.74. The predicted octanol–water partition coefficient (Wildman–Crippen LogP) is 3.02. The molecule has 0 saturated heterocycles. The van der Waals surface area contributed by atoms with E-state index in [1.54, 1.807) is 7.11 Å². The van der Waals surface area contributed by atoms with Gasteiger partial charge in [-0.3, -0.25) is 0 Å². The number of rotatable bonds is 7. The fraction of sp³-hybridized carbons (Fsp3) is 0.600. The Morgan fingerprint density at radius 3 is 2.41 bits per heavy atom. The lowest BCUT2D eigenvalue weighted by molar-refractivity contribution is -0.0290. The summed E-state index contributed by atoms with van der Waals surface area (Å²) in [7, 11) is 3.82. The maximum atomic E-state index is 5.67. The second-order valence-electron chi connectivity index (χ2n) is 4.74. The molecule has 0 saturated carbocycles. The van der Waals surface area contributed by atoms with Gasteiger partial charge in [0.15, 0.2) is 0 Å². The highest BCUT2D eigenvalue weighted by atomic mass is 16.5. The number of hydrogen-bond donors (Lipinski definition) is 1. The summed E-state index contributed by atoms with van der Waals surface area (Å²) in [5, 5.41) is 3.39. The Hall–Kier alpha value is -0.860. The van der Waals surface area contributed by atoms with Crippen molar-refractivity contribution < 1.29 is 4.74 Å². The van der Waals surface area contributed by atoms with E-state index in [1.165, 1.54) is 5.56 Å². The molecule has 0 aliphatic carbocycles. The normalized spacial score (nSPS) is 16.5. The van der Waals surface area contributed by atoms with Gasteiger partial charge >= 0.3 is 0 Å². The molecule has 96 valence electrons. The van der Waals surface area contributed by atoms with Gasteiger partial charge in [0.05, 0.1) is 5.60 Å².